The predicted octanol–water partition coefficient (Wildman–Crippen LogP) is 0.613. The Morgan fingerprint density at radius 1 is 1.33 bits per heavy atom. The molecule has 2 rings (SSSR count). The van der Waals surface area contributed by atoms with Crippen molar-refractivity contribution in [3.63, 3.8) is 0 Å². The topological polar surface area (TPSA) is 64.6 Å². The molecule has 0 aromatic heterocycles. The Hall–Kier alpha value is -1.06. The van der Waals surface area contributed by atoms with Crippen molar-refractivity contribution in [3.05, 3.63) is 30.3 Å². The Labute approximate surface area is 72.3 Å². The molecule has 3 nitrogen and oxygen atoms in total. The summed E-state index contributed by atoms with van der Waals surface area (Å²) < 4.78 is 4.73. The number of benzene rings is 1. The molecule has 3 heteroatoms. The molecule has 0 bridgehead atoms. The molecule has 0 saturated carbocycles. The number of anilines is 1. The number of rotatable bonds is 1. The Bertz CT molecular complexity index is 209. The summed E-state index contributed by atoms with van der Waals surface area (Å²) in [5.74, 6) is 0. The van der Waals surface area contributed by atoms with Gasteiger partial charge in [-0.3, -0.25) is 0 Å². The van der Waals surface area contributed by atoms with E-state index in [4.69, 9.17) is 16.2 Å². The van der Waals surface area contributed by atoms with Gasteiger partial charge in [-0.1, -0.05) is 18.2 Å². The summed E-state index contributed by atoms with van der Waals surface area (Å²) in [6.45, 7) is 1.58. The van der Waals surface area contributed by atoms with Crippen molar-refractivity contribution in [2.24, 2.45) is 5.73 Å². The van der Waals surface area contributed by atoms with Crippen LogP contribution in [0.5, 0.6) is 0 Å². The van der Waals surface area contributed by atoms with Crippen LogP contribution in [0.3, 0.4) is 0 Å². The minimum atomic E-state index is 0.412. The second kappa shape index (κ2) is 4.74. The molecule has 0 radical (unpaired) electrons. The smallest absolute Gasteiger partial charge is 0.0931 e. The van der Waals surface area contributed by atoms with Gasteiger partial charge in [-0.25, -0.2) is 0 Å². The maximum Gasteiger partial charge on any atom is 0.0931 e. The fraction of sp³-hybridized carbons (Fsp3) is 0.333. The molecular formula is C9H14N2O. The van der Waals surface area contributed by atoms with E-state index in [1.54, 1.807) is 0 Å². The average molecular weight is 166 g/mol. The zero-order valence-corrected chi connectivity index (χ0v) is 6.94. The van der Waals surface area contributed by atoms with E-state index in [0.717, 1.165) is 12.3 Å². The monoisotopic (exact) mass is 166 g/mol. The van der Waals surface area contributed by atoms with Crippen LogP contribution in [-0.2, 0) is 4.74 Å². The van der Waals surface area contributed by atoms with Gasteiger partial charge in [-0.15, -0.1) is 0 Å². The number of epoxide rings is 1. The third-order valence-electron chi connectivity index (χ3n) is 1.46. The van der Waals surface area contributed by atoms with Crippen LogP contribution in [0.15, 0.2) is 30.3 Å². The van der Waals surface area contributed by atoms with Crippen LogP contribution in [0.1, 0.15) is 0 Å². The standard InChI is InChI=1S/C6H7N.C3H7NO/c7-6-4-2-1-3-5-6;4-1-3-2-5-3/h1-5H,7H2;3H,1-2,4H2. The van der Waals surface area contributed by atoms with Crippen molar-refractivity contribution in [3.8, 4) is 0 Å². The predicted molar refractivity (Wildman–Crippen MR) is 49.6 cm³/mol. The second-order valence-corrected chi connectivity index (χ2v) is 2.60. The van der Waals surface area contributed by atoms with Crippen LogP contribution in [0.25, 0.3) is 0 Å². The Morgan fingerprint density at radius 2 is 1.92 bits per heavy atom. The number of para-hydroxylation sites is 1. The summed E-state index contributed by atoms with van der Waals surface area (Å²) in [6, 6.07) is 9.49. The van der Waals surface area contributed by atoms with Gasteiger partial charge in [0.05, 0.1) is 12.7 Å². The molecule has 1 atom stereocenters. The molecular weight excluding hydrogens is 152 g/mol. The van der Waals surface area contributed by atoms with Crippen LogP contribution in [0, 0.1) is 0 Å². The van der Waals surface area contributed by atoms with Crippen LogP contribution < -0.4 is 11.5 Å². The molecule has 12 heavy (non-hydrogen) atoms. The van der Waals surface area contributed by atoms with Crippen molar-refractivity contribution in [1.82, 2.24) is 0 Å². The minimum Gasteiger partial charge on any atom is -0.399 e. The summed E-state index contributed by atoms with van der Waals surface area (Å²) in [4.78, 5) is 0. The molecule has 1 aliphatic heterocycles. The molecule has 1 aliphatic rings. The molecule has 1 heterocycles. The molecule has 0 amide bonds. The summed E-state index contributed by atoms with van der Waals surface area (Å²) in [5, 5.41) is 0. The largest absolute Gasteiger partial charge is 0.399 e. The van der Waals surface area contributed by atoms with Crippen molar-refractivity contribution in [2.45, 2.75) is 6.10 Å². The molecule has 66 valence electrons. The third kappa shape index (κ3) is 3.95. The zero-order valence-electron chi connectivity index (χ0n) is 6.94. The fourth-order valence-electron chi connectivity index (χ4n) is 0.657. The first kappa shape index (κ1) is 9.03. The van der Waals surface area contributed by atoms with Gasteiger partial charge < -0.3 is 16.2 Å². The third-order valence-corrected chi connectivity index (χ3v) is 1.46. The van der Waals surface area contributed by atoms with Crippen molar-refractivity contribution in [1.29, 1.82) is 0 Å². The summed E-state index contributed by atoms with van der Waals surface area (Å²) in [6.07, 6.45) is 0.412. The van der Waals surface area contributed by atoms with E-state index in [0.29, 0.717) is 12.6 Å². The first-order valence-electron chi connectivity index (χ1n) is 3.95. The highest BCUT2D eigenvalue weighted by Gasteiger charge is 2.18. The molecule has 0 spiro atoms. The lowest BCUT2D eigenvalue weighted by atomic mass is 10.3. The average Bonchev–Trinajstić information content (AvgIpc) is 2.89. The van der Waals surface area contributed by atoms with E-state index in [2.05, 4.69) is 0 Å². The van der Waals surface area contributed by atoms with Crippen LogP contribution >= 0.6 is 0 Å². The lowest BCUT2D eigenvalue weighted by molar-refractivity contribution is 0.412. The van der Waals surface area contributed by atoms with E-state index in [1.807, 2.05) is 30.3 Å². The van der Waals surface area contributed by atoms with E-state index in [1.165, 1.54) is 0 Å². The molecule has 1 aromatic carbocycles. The van der Waals surface area contributed by atoms with Gasteiger partial charge in [0, 0.05) is 12.2 Å². The number of nitrogens with two attached hydrogens (primary N) is 2. The fourth-order valence-corrected chi connectivity index (χ4v) is 0.657. The number of nitrogen functional groups attached to an aromatic ring is 1. The number of hydrogen-bond donors (Lipinski definition) is 2. The lowest BCUT2D eigenvalue weighted by Crippen LogP contribution is -2.05. The van der Waals surface area contributed by atoms with Crippen molar-refractivity contribution in [2.75, 3.05) is 18.9 Å². The normalized spacial score (nSPS) is 19.2. The number of hydrogen-bond acceptors (Lipinski definition) is 3. The van der Waals surface area contributed by atoms with E-state index in [-0.39, 0.29) is 0 Å². The van der Waals surface area contributed by atoms with Crippen LogP contribution in [0.2, 0.25) is 0 Å². The van der Waals surface area contributed by atoms with E-state index >= 15 is 0 Å². The summed E-state index contributed by atoms with van der Waals surface area (Å²) in [5.41, 5.74) is 11.3. The highest BCUT2D eigenvalue weighted by Crippen LogP contribution is 2.03. The van der Waals surface area contributed by atoms with Crippen molar-refractivity contribution < 1.29 is 4.74 Å². The van der Waals surface area contributed by atoms with Crippen molar-refractivity contribution >= 4 is 5.69 Å². The lowest BCUT2D eigenvalue weighted by Gasteiger charge is -1.83. The molecule has 4 N–H and O–H groups in total. The first-order valence-corrected chi connectivity index (χ1v) is 3.95. The molecule has 1 unspecified atom stereocenters. The first-order chi connectivity index (χ1) is 5.83. The highest BCUT2D eigenvalue weighted by atomic mass is 16.6. The summed E-state index contributed by atoms with van der Waals surface area (Å²) in [7, 11) is 0. The van der Waals surface area contributed by atoms with Gasteiger partial charge in [0.25, 0.3) is 0 Å². The SMILES string of the molecule is NCC1CO1.Nc1ccccc1. The molecule has 1 saturated heterocycles. The molecule has 0 aliphatic carbocycles. The van der Waals surface area contributed by atoms with E-state index < -0.39 is 0 Å². The van der Waals surface area contributed by atoms with Gasteiger partial charge in [0.15, 0.2) is 0 Å². The Kier molecular flexibility index (Phi) is 3.57. The molecule has 1 aromatic rings. The Morgan fingerprint density at radius 3 is 2.08 bits per heavy atom. The zero-order chi connectivity index (χ0) is 8.81. The quantitative estimate of drug-likeness (QED) is 0.474. The molecule has 1 fully saturated rings. The number of ether oxygens (including phenoxy) is 1. The second-order valence-electron chi connectivity index (χ2n) is 2.60. The maximum absolute atomic E-state index is 5.36. The van der Waals surface area contributed by atoms with Gasteiger partial charge in [-0.2, -0.15) is 0 Å². The highest BCUT2D eigenvalue weighted by molar-refractivity contribution is 5.35. The summed E-state index contributed by atoms with van der Waals surface area (Å²) >= 11 is 0. The van der Waals surface area contributed by atoms with Gasteiger partial charge in [0.1, 0.15) is 0 Å². The Balaban J connectivity index is 0.000000127. The maximum atomic E-state index is 5.36. The van der Waals surface area contributed by atoms with Crippen LogP contribution in [0.4, 0.5) is 5.69 Å². The van der Waals surface area contributed by atoms with Gasteiger partial charge >= 0.3 is 0 Å². The van der Waals surface area contributed by atoms with Gasteiger partial charge in [0.2, 0.25) is 0 Å². The minimum absolute atomic E-state index is 0.412. The van der Waals surface area contributed by atoms with E-state index in [9.17, 15) is 0 Å². The van der Waals surface area contributed by atoms with Crippen LogP contribution in [-0.4, -0.2) is 19.3 Å². The van der Waals surface area contributed by atoms with Gasteiger partial charge in [-0.05, 0) is 12.1 Å².